The van der Waals surface area contributed by atoms with Crippen LogP contribution in [0.4, 0.5) is 0 Å². The average Bonchev–Trinajstić information content (AvgIpc) is 2.43. The van der Waals surface area contributed by atoms with Gasteiger partial charge < -0.3 is 5.11 Å². The fourth-order valence-corrected chi connectivity index (χ4v) is 3.67. The van der Waals surface area contributed by atoms with Crippen LogP contribution in [0.2, 0.25) is 0 Å². The molecule has 0 amide bonds. The van der Waals surface area contributed by atoms with Crippen LogP contribution in [0.25, 0.3) is 0 Å². The van der Waals surface area contributed by atoms with E-state index in [9.17, 15) is 13.2 Å². The van der Waals surface area contributed by atoms with Gasteiger partial charge >= 0.3 is 5.97 Å². The first kappa shape index (κ1) is 17.1. The summed E-state index contributed by atoms with van der Waals surface area (Å²) in [6.07, 6.45) is 0. The number of hydrogen-bond acceptors (Lipinski definition) is 4. The summed E-state index contributed by atoms with van der Waals surface area (Å²) in [7, 11) is -3.77. The van der Waals surface area contributed by atoms with E-state index in [-0.39, 0.29) is 18.0 Å². The molecule has 0 fully saturated rings. The predicted octanol–water partition coefficient (Wildman–Crippen LogP) is 1.60. The second-order valence-electron chi connectivity index (χ2n) is 4.79. The second-order valence-corrected chi connectivity index (χ2v) is 6.69. The standard InChI is InChI=1S/C14H18N2O4S/c1-4-16(9-11(3)14(17)18)21(19,20)13-6-5-12(8-15)7-10(13)2/h5-7,11H,4,9H2,1-3H3,(H,17,18). The van der Waals surface area contributed by atoms with Gasteiger partial charge in [0.05, 0.1) is 22.4 Å². The maximum atomic E-state index is 12.6. The molecule has 0 heterocycles. The van der Waals surface area contributed by atoms with Gasteiger partial charge in [0.2, 0.25) is 10.0 Å². The lowest BCUT2D eigenvalue weighted by Crippen LogP contribution is -2.37. The third-order valence-electron chi connectivity index (χ3n) is 3.17. The normalized spacial score (nSPS) is 12.9. The van der Waals surface area contributed by atoms with E-state index in [1.807, 2.05) is 6.07 Å². The van der Waals surface area contributed by atoms with Crippen molar-refractivity contribution < 1.29 is 18.3 Å². The molecule has 0 saturated heterocycles. The van der Waals surface area contributed by atoms with Crippen molar-refractivity contribution in [1.82, 2.24) is 4.31 Å². The number of sulfonamides is 1. The van der Waals surface area contributed by atoms with Gasteiger partial charge in [-0.1, -0.05) is 13.8 Å². The lowest BCUT2D eigenvalue weighted by atomic mass is 10.2. The molecule has 0 bridgehead atoms. The van der Waals surface area contributed by atoms with Gasteiger partial charge in [-0.05, 0) is 30.7 Å². The van der Waals surface area contributed by atoms with E-state index < -0.39 is 21.9 Å². The monoisotopic (exact) mass is 310 g/mol. The van der Waals surface area contributed by atoms with Crippen molar-refractivity contribution in [2.75, 3.05) is 13.1 Å². The number of aliphatic carboxylic acids is 1. The molecule has 0 radical (unpaired) electrons. The molecule has 0 aliphatic heterocycles. The average molecular weight is 310 g/mol. The zero-order valence-electron chi connectivity index (χ0n) is 12.2. The molecule has 114 valence electrons. The number of carboxylic acid groups (broad SMARTS) is 1. The van der Waals surface area contributed by atoms with E-state index in [4.69, 9.17) is 10.4 Å². The highest BCUT2D eigenvalue weighted by Gasteiger charge is 2.28. The first-order valence-electron chi connectivity index (χ1n) is 6.47. The minimum atomic E-state index is -3.77. The van der Waals surface area contributed by atoms with Crippen molar-refractivity contribution >= 4 is 16.0 Å². The first-order chi connectivity index (χ1) is 9.73. The highest BCUT2D eigenvalue weighted by molar-refractivity contribution is 7.89. The molecule has 0 aliphatic carbocycles. The molecule has 0 spiro atoms. The molecule has 6 nitrogen and oxygen atoms in total. The maximum Gasteiger partial charge on any atom is 0.307 e. The number of rotatable bonds is 6. The summed E-state index contributed by atoms with van der Waals surface area (Å²) in [5.74, 6) is -1.83. The second kappa shape index (κ2) is 6.70. The molecule has 1 aromatic rings. The third kappa shape index (κ3) is 3.80. The molecule has 1 aromatic carbocycles. The van der Waals surface area contributed by atoms with Crippen LogP contribution in [0.15, 0.2) is 23.1 Å². The minimum absolute atomic E-state index is 0.0897. The third-order valence-corrected chi connectivity index (χ3v) is 5.27. The van der Waals surface area contributed by atoms with E-state index in [0.717, 1.165) is 4.31 Å². The van der Waals surface area contributed by atoms with Gasteiger partial charge in [0.15, 0.2) is 0 Å². The van der Waals surface area contributed by atoms with Crippen LogP contribution in [-0.2, 0) is 14.8 Å². The van der Waals surface area contributed by atoms with Crippen molar-refractivity contribution in [3.05, 3.63) is 29.3 Å². The lowest BCUT2D eigenvalue weighted by Gasteiger charge is -2.23. The number of carboxylic acids is 1. The molecule has 21 heavy (non-hydrogen) atoms. The SMILES string of the molecule is CCN(CC(C)C(=O)O)S(=O)(=O)c1ccc(C#N)cc1C. The van der Waals surface area contributed by atoms with Crippen LogP contribution >= 0.6 is 0 Å². The quantitative estimate of drug-likeness (QED) is 0.860. The van der Waals surface area contributed by atoms with Crippen molar-refractivity contribution in [1.29, 1.82) is 5.26 Å². The fraction of sp³-hybridized carbons (Fsp3) is 0.429. The van der Waals surface area contributed by atoms with Crippen molar-refractivity contribution in [2.45, 2.75) is 25.7 Å². The highest BCUT2D eigenvalue weighted by atomic mass is 32.2. The van der Waals surface area contributed by atoms with E-state index in [0.29, 0.717) is 11.1 Å². The molecule has 0 aromatic heterocycles. The van der Waals surface area contributed by atoms with Gasteiger partial charge in [0, 0.05) is 13.1 Å². The zero-order valence-corrected chi connectivity index (χ0v) is 13.0. The van der Waals surface area contributed by atoms with Crippen molar-refractivity contribution in [3.8, 4) is 6.07 Å². The number of nitrogens with zero attached hydrogens (tertiary/aromatic N) is 2. The predicted molar refractivity (Wildman–Crippen MR) is 77.1 cm³/mol. The molecule has 0 saturated carbocycles. The summed E-state index contributed by atoms with van der Waals surface area (Å²) in [6.45, 7) is 4.83. The van der Waals surface area contributed by atoms with Gasteiger partial charge in [-0.3, -0.25) is 4.79 Å². The molecule has 0 aliphatic rings. The molecular weight excluding hydrogens is 292 g/mol. The molecule has 1 atom stereocenters. The Morgan fingerprint density at radius 1 is 1.48 bits per heavy atom. The molecule has 1 rings (SSSR count). The zero-order chi connectivity index (χ0) is 16.2. The van der Waals surface area contributed by atoms with Crippen molar-refractivity contribution in [3.63, 3.8) is 0 Å². The topological polar surface area (TPSA) is 98.5 Å². The van der Waals surface area contributed by atoms with Gasteiger partial charge in [0.25, 0.3) is 0 Å². The first-order valence-corrected chi connectivity index (χ1v) is 7.91. The van der Waals surface area contributed by atoms with Gasteiger partial charge in [-0.2, -0.15) is 9.57 Å². The van der Waals surface area contributed by atoms with Gasteiger partial charge in [-0.15, -0.1) is 0 Å². The van der Waals surface area contributed by atoms with E-state index in [2.05, 4.69) is 0 Å². The van der Waals surface area contributed by atoms with E-state index >= 15 is 0 Å². The largest absolute Gasteiger partial charge is 0.481 e. The fourth-order valence-electron chi connectivity index (χ4n) is 1.93. The Kier molecular flexibility index (Phi) is 5.47. The molecule has 1 unspecified atom stereocenters. The van der Waals surface area contributed by atoms with Crippen molar-refractivity contribution in [2.24, 2.45) is 5.92 Å². The summed E-state index contributed by atoms with van der Waals surface area (Å²) in [5, 5.41) is 17.7. The number of hydrogen-bond donors (Lipinski definition) is 1. The lowest BCUT2D eigenvalue weighted by molar-refractivity contribution is -0.141. The van der Waals surface area contributed by atoms with Crippen LogP contribution in [0, 0.1) is 24.2 Å². The Morgan fingerprint density at radius 3 is 2.52 bits per heavy atom. The Morgan fingerprint density at radius 2 is 2.10 bits per heavy atom. The van der Waals surface area contributed by atoms with Crippen LogP contribution in [-0.4, -0.2) is 36.9 Å². The molecular formula is C14H18N2O4S. The summed E-state index contributed by atoms with van der Waals surface area (Å²) in [5.41, 5.74) is 0.851. The summed E-state index contributed by atoms with van der Waals surface area (Å²) in [6, 6.07) is 6.28. The number of nitriles is 1. The Labute approximate surface area is 124 Å². The van der Waals surface area contributed by atoms with Crippen LogP contribution in [0.5, 0.6) is 0 Å². The Balaban J connectivity index is 3.19. The van der Waals surface area contributed by atoms with E-state index in [1.165, 1.54) is 25.1 Å². The summed E-state index contributed by atoms with van der Waals surface area (Å²) in [4.78, 5) is 11.0. The van der Waals surface area contributed by atoms with E-state index in [1.54, 1.807) is 13.8 Å². The summed E-state index contributed by atoms with van der Waals surface area (Å²) < 4.78 is 26.3. The summed E-state index contributed by atoms with van der Waals surface area (Å²) >= 11 is 0. The number of aryl methyl sites for hydroxylation is 1. The Bertz CT molecular complexity index is 677. The Hall–Kier alpha value is -1.91. The number of carbonyl (C=O) groups is 1. The minimum Gasteiger partial charge on any atom is -0.481 e. The smallest absolute Gasteiger partial charge is 0.307 e. The number of benzene rings is 1. The maximum absolute atomic E-state index is 12.6. The van der Waals surface area contributed by atoms with Gasteiger partial charge in [0.1, 0.15) is 0 Å². The highest BCUT2D eigenvalue weighted by Crippen LogP contribution is 2.21. The molecule has 7 heteroatoms. The van der Waals surface area contributed by atoms with Crippen LogP contribution in [0.1, 0.15) is 25.0 Å². The molecule has 1 N–H and O–H groups in total. The van der Waals surface area contributed by atoms with Crippen LogP contribution in [0.3, 0.4) is 0 Å². The van der Waals surface area contributed by atoms with Crippen LogP contribution < -0.4 is 0 Å². The van der Waals surface area contributed by atoms with Gasteiger partial charge in [-0.25, -0.2) is 8.42 Å².